The van der Waals surface area contributed by atoms with Gasteiger partial charge < -0.3 is 14.2 Å². The minimum Gasteiger partial charge on any atom is -0.493 e. The van der Waals surface area contributed by atoms with E-state index in [1.807, 2.05) is 6.92 Å². The van der Waals surface area contributed by atoms with E-state index in [1.165, 1.54) is 25.3 Å². The van der Waals surface area contributed by atoms with Crippen LogP contribution in [-0.4, -0.2) is 25.6 Å². The van der Waals surface area contributed by atoms with Crippen molar-refractivity contribution in [2.75, 3.05) is 13.7 Å². The Bertz CT molecular complexity index is 940. The quantitative estimate of drug-likeness (QED) is 0.534. The molecule has 140 valence electrons. The number of rotatable bonds is 6. The highest BCUT2D eigenvalue weighted by Gasteiger charge is 2.26. The summed E-state index contributed by atoms with van der Waals surface area (Å²) in [7, 11) is 1.50. The lowest BCUT2D eigenvalue weighted by Gasteiger charge is -2.12. The van der Waals surface area contributed by atoms with Gasteiger partial charge in [-0.3, -0.25) is 0 Å². The minimum atomic E-state index is -0.672. The fourth-order valence-electron chi connectivity index (χ4n) is 2.48. The maximum Gasteiger partial charge on any atom is 0.363 e. The maximum absolute atomic E-state index is 13.9. The number of cyclic esters (lactones) is 1. The molecule has 3 rings (SSSR count). The minimum absolute atomic E-state index is 0.0357. The van der Waals surface area contributed by atoms with Gasteiger partial charge in [0.05, 0.1) is 24.3 Å². The summed E-state index contributed by atoms with van der Waals surface area (Å²) in [6, 6.07) is 9.25. The van der Waals surface area contributed by atoms with Crippen LogP contribution < -0.4 is 9.47 Å². The number of benzene rings is 2. The third-order valence-corrected chi connectivity index (χ3v) is 4.01. The lowest BCUT2D eigenvalue weighted by Crippen LogP contribution is -2.07. The van der Waals surface area contributed by atoms with Crippen molar-refractivity contribution in [2.24, 2.45) is 4.99 Å². The first kappa shape index (κ1) is 18.9. The second-order valence-corrected chi connectivity index (χ2v) is 6.11. The zero-order valence-electron chi connectivity index (χ0n) is 14.8. The molecule has 0 radical (unpaired) electrons. The molecule has 1 aliphatic heterocycles. The van der Waals surface area contributed by atoms with Gasteiger partial charge in [0.25, 0.3) is 0 Å². The number of nitrogens with zero attached hydrogens (tertiary/aromatic N) is 1. The molecule has 0 saturated carbocycles. The summed E-state index contributed by atoms with van der Waals surface area (Å²) >= 11 is 6.28. The molecule has 0 atom stereocenters. The van der Waals surface area contributed by atoms with E-state index in [9.17, 15) is 9.18 Å². The Morgan fingerprint density at radius 1 is 1.30 bits per heavy atom. The van der Waals surface area contributed by atoms with E-state index in [-0.39, 0.29) is 17.2 Å². The SMILES string of the molecule is CCCOc1c(Cl)cc(/C=C2\N=C(c3ccccc3F)OC2=O)cc1OC. The molecule has 1 aliphatic rings. The summed E-state index contributed by atoms with van der Waals surface area (Å²) in [5, 5.41) is 0.347. The molecule has 5 nitrogen and oxygen atoms in total. The van der Waals surface area contributed by atoms with Gasteiger partial charge in [0.15, 0.2) is 17.2 Å². The summed E-state index contributed by atoms with van der Waals surface area (Å²) in [5.74, 6) is -0.396. The van der Waals surface area contributed by atoms with Crippen LogP contribution in [-0.2, 0) is 9.53 Å². The van der Waals surface area contributed by atoms with E-state index in [1.54, 1.807) is 24.3 Å². The number of halogens is 2. The molecule has 0 saturated heterocycles. The van der Waals surface area contributed by atoms with Gasteiger partial charge in [-0.15, -0.1) is 0 Å². The molecule has 2 aromatic rings. The number of esters is 1. The average molecular weight is 390 g/mol. The van der Waals surface area contributed by atoms with Crippen LogP contribution in [0.1, 0.15) is 24.5 Å². The highest BCUT2D eigenvalue weighted by atomic mass is 35.5. The second-order valence-electron chi connectivity index (χ2n) is 5.70. The van der Waals surface area contributed by atoms with Crippen molar-refractivity contribution in [2.45, 2.75) is 13.3 Å². The van der Waals surface area contributed by atoms with Gasteiger partial charge in [-0.2, -0.15) is 0 Å². The van der Waals surface area contributed by atoms with Crippen LogP contribution in [0.25, 0.3) is 6.08 Å². The number of hydrogen-bond donors (Lipinski definition) is 0. The zero-order chi connectivity index (χ0) is 19.4. The van der Waals surface area contributed by atoms with Crippen molar-refractivity contribution in [1.29, 1.82) is 0 Å². The number of carbonyl (C=O) groups is 1. The molecule has 27 heavy (non-hydrogen) atoms. The van der Waals surface area contributed by atoms with Crippen molar-refractivity contribution in [3.05, 3.63) is 64.1 Å². The molecular weight excluding hydrogens is 373 g/mol. The predicted molar refractivity (Wildman–Crippen MR) is 101 cm³/mol. The molecule has 2 aromatic carbocycles. The highest BCUT2D eigenvalue weighted by molar-refractivity contribution is 6.32. The van der Waals surface area contributed by atoms with Crippen molar-refractivity contribution < 1.29 is 23.4 Å². The number of hydrogen-bond acceptors (Lipinski definition) is 5. The number of carbonyl (C=O) groups excluding carboxylic acids is 1. The maximum atomic E-state index is 13.9. The van der Waals surface area contributed by atoms with E-state index in [2.05, 4.69) is 4.99 Å². The van der Waals surface area contributed by atoms with Gasteiger partial charge in [0.1, 0.15) is 5.82 Å². The van der Waals surface area contributed by atoms with Crippen molar-refractivity contribution in [1.82, 2.24) is 0 Å². The third-order valence-electron chi connectivity index (χ3n) is 3.73. The highest BCUT2D eigenvalue weighted by Crippen LogP contribution is 2.37. The van der Waals surface area contributed by atoms with Crippen LogP contribution in [0.3, 0.4) is 0 Å². The van der Waals surface area contributed by atoms with Gasteiger partial charge in [0.2, 0.25) is 5.90 Å². The Morgan fingerprint density at radius 3 is 2.78 bits per heavy atom. The molecule has 0 unspecified atom stereocenters. The smallest absolute Gasteiger partial charge is 0.363 e. The van der Waals surface area contributed by atoms with Crippen LogP contribution in [0.4, 0.5) is 4.39 Å². The van der Waals surface area contributed by atoms with E-state index in [0.717, 1.165) is 6.42 Å². The van der Waals surface area contributed by atoms with Crippen molar-refractivity contribution in [3.8, 4) is 11.5 Å². The first-order valence-electron chi connectivity index (χ1n) is 8.31. The summed E-state index contributed by atoms with van der Waals surface area (Å²) in [6.45, 7) is 2.48. The van der Waals surface area contributed by atoms with Gasteiger partial charge in [-0.1, -0.05) is 30.7 Å². The Hall–Kier alpha value is -2.86. The molecular formula is C20H17ClFNO4. The van der Waals surface area contributed by atoms with Gasteiger partial charge >= 0.3 is 5.97 Å². The summed E-state index contributed by atoms with van der Waals surface area (Å²) in [5.41, 5.74) is 0.730. The fourth-order valence-corrected chi connectivity index (χ4v) is 2.76. The molecule has 0 bridgehead atoms. The van der Waals surface area contributed by atoms with Crippen LogP contribution in [0.5, 0.6) is 11.5 Å². The molecule has 0 N–H and O–H groups in total. The van der Waals surface area contributed by atoms with Gasteiger partial charge in [-0.05, 0) is 42.3 Å². The van der Waals surface area contributed by atoms with Gasteiger partial charge in [0, 0.05) is 0 Å². The molecule has 0 spiro atoms. The Labute approximate surface area is 161 Å². The largest absolute Gasteiger partial charge is 0.493 e. The van der Waals surface area contributed by atoms with Crippen LogP contribution in [0.2, 0.25) is 5.02 Å². The van der Waals surface area contributed by atoms with Crippen LogP contribution >= 0.6 is 11.6 Å². The zero-order valence-corrected chi connectivity index (χ0v) is 15.5. The van der Waals surface area contributed by atoms with Crippen LogP contribution in [0, 0.1) is 5.82 Å². The molecule has 0 aromatic heterocycles. The van der Waals surface area contributed by atoms with Gasteiger partial charge in [-0.25, -0.2) is 14.2 Å². The van der Waals surface area contributed by atoms with E-state index >= 15 is 0 Å². The van der Waals surface area contributed by atoms with Crippen molar-refractivity contribution >= 4 is 29.5 Å². The average Bonchev–Trinajstić information content (AvgIpc) is 3.01. The first-order chi connectivity index (χ1) is 13.0. The topological polar surface area (TPSA) is 57.1 Å². The normalized spacial score (nSPS) is 14.9. The molecule has 0 amide bonds. The number of methoxy groups -OCH3 is 1. The Balaban J connectivity index is 1.95. The van der Waals surface area contributed by atoms with E-state index in [0.29, 0.717) is 28.7 Å². The number of aliphatic imine (C=N–C) groups is 1. The lowest BCUT2D eigenvalue weighted by atomic mass is 10.1. The Morgan fingerprint density at radius 2 is 2.07 bits per heavy atom. The summed E-state index contributed by atoms with van der Waals surface area (Å²) in [4.78, 5) is 16.2. The van der Waals surface area contributed by atoms with Crippen LogP contribution in [0.15, 0.2) is 47.1 Å². The summed E-state index contributed by atoms with van der Waals surface area (Å²) in [6.07, 6.45) is 2.32. The number of ether oxygens (including phenoxy) is 3. The monoisotopic (exact) mass is 389 g/mol. The molecule has 7 heteroatoms. The van der Waals surface area contributed by atoms with E-state index < -0.39 is 11.8 Å². The fraction of sp³-hybridized carbons (Fsp3) is 0.200. The first-order valence-corrected chi connectivity index (χ1v) is 8.69. The molecule has 1 heterocycles. The Kier molecular flexibility index (Phi) is 5.76. The third kappa shape index (κ3) is 4.11. The lowest BCUT2D eigenvalue weighted by molar-refractivity contribution is -0.129. The summed E-state index contributed by atoms with van der Waals surface area (Å²) < 4.78 is 29.9. The van der Waals surface area contributed by atoms with Crippen molar-refractivity contribution in [3.63, 3.8) is 0 Å². The second kappa shape index (κ2) is 8.22. The predicted octanol–water partition coefficient (Wildman–Crippen LogP) is 4.62. The molecule has 0 fully saturated rings. The standard InChI is InChI=1S/C20H17ClFNO4/c1-3-8-26-18-14(21)9-12(11-17(18)25-2)10-16-20(24)27-19(23-16)13-6-4-5-7-15(13)22/h4-7,9-11H,3,8H2,1-2H3/b16-10-. The van der Waals surface area contributed by atoms with E-state index in [4.69, 9.17) is 25.8 Å². The molecule has 0 aliphatic carbocycles.